The van der Waals surface area contributed by atoms with Gasteiger partial charge >= 0.3 is 5.97 Å². The zero-order chi connectivity index (χ0) is 13.1. The van der Waals surface area contributed by atoms with Crippen LogP contribution in [0.3, 0.4) is 0 Å². The molecule has 0 fully saturated rings. The summed E-state index contributed by atoms with van der Waals surface area (Å²) in [5.41, 5.74) is 1.23. The Kier molecular flexibility index (Phi) is 3.98. The van der Waals surface area contributed by atoms with Crippen molar-refractivity contribution in [1.82, 2.24) is 5.32 Å². The van der Waals surface area contributed by atoms with Crippen LogP contribution >= 0.6 is 11.3 Å². The number of nitrogens with one attached hydrogen (secondary N) is 1. The summed E-state index contributed by atoms with van der Waals surface area (Å²) in [4.78, 5) is 25.0. The van der Waals surface area contributed by atoms with Crippen molar-refractivity contribution in [3.05, 3.63) is 21.4 Å². The molecule has 1 aromatic heterocycles. The second kappa shape index (κ2) is 5.49. The van der Waals surface area contributed by atoms with E-state index in [9.17, 15) is 9.59 Å². The monoisotopic (exact) mass is 269 g/mol. The first-order chi connectivity index (χ1) is 8.65. The molecule has 0 radical (unpaired) electrons. The molecule has 0 unspecified atom stereocenters. The van der Waals surface area contributed by atoms with Gasteiger partial charge in [-0.15, -0.1) is 11.3 Å². The molecule has 0 spiro atoms. The Labute approximate surface area is 109 Å². The van der Waals surface area contributed by atoms with Gasteiger partial charge in [-0.25, -0.2) is 4.79 Å². The van der Waals surface area contributed by atoms with E-state index in [2.05, 4.69) is 10.1 Å². The quantitative estimate of drug-likeness (QED) is 0.781. The van der Waals surface area contributed by atoms with E-state index in [1.165, 1.54) is 28.9 Å². The number of esters is 1. The second-order valence-electron chi connectivity index (χ2n) is 4.14. The Morgan fingerprint density at radius 1 is 1.56 bits per heavy atom. The zero-order valence-electron chi connectivity index (χ0n) is 10.1. The summed E-state index contributed by atoms with van der Waals surface area (Å²) in [5.74, 6) is -0.978. The minimum absolute atomic E-state index is 0.334. The highest BCUT2D eigenvalue weighted by Crippen LogP contribution is 2.30. The number of thiophene rings is 1. The number of amides is 1. The van der Waals surface area contributed by atoms with Gasteiger partial charge in [0.1, 0.15) is 0 Å². The summed E-state index contributed by atoms with van der Waals surface area (Å²) in [6.45, 7) is -0.469. The molecule has 0 saturated carbocycles. The topological polar surface area (TPSA) is 75.6 Å². The highest BCUT2D eigenvalue weighted by atomic mass is 32.1. The van der Waals surface area contributed by atoms with Gasteiger partial charge in [-0.3, -0.25) is 4.79 Å². The van der Waals surface area contributed by atoms with E-state index in [1.807, 2.05) is 6.07 Å². The maximum atomic E-state index is 11.9. The van der Waals surface area contributed by atoms with Gasteiger partial charge < -0.3 is 15.2 Å². The predicted molar refractivity (Wildman–Crippen MR) is 66.7 cm³/mol. The molecule has 1 amide bonds. The fourth-order valence-electron chi connectivity index (χ4n) is 1.99. The first-order valence-electron chi connectivity index (χ1n) is 5.77. The van der Waals surface area contributed by atoms with Crippen LogP contribution in [0.25, 0.3) is 0 Å². The summed E-state index contributed by atoms with van der Waals surface area (Å²) >= 11 is 1.46. The third-order valence-corrected chi connectivity index (χ3v) is 4.18. The number of hydrogen-bond acceptors (Lipinski definition) is 5. The molecule has 1 aliphatic rings. The first-order valence-corrected chi connectivity index (χ1v) is 6.58. The van der Waals surface area contributed by atoms with Crippen molar-refractivity contribution in [2.45, 2.75) is 25.3 Å². The Hall–Kier alpha value is -1.40. The SMILES string of the molecule is COC(=O)[C@@H](CO)NC(=O)c1cc2c(s1)CCC2. The molecular formula is C12H15NO4S. The Morgan fingerprint density at radius 3 is 2.94 bits per heavy atom. The lowest BCUT2D eigenvalue weighted by atomic mass is 10.2. The molecule has 5 nitrogen and oxygen atoms in total. The van der Waals surface area contributed by atoms with Crippen LogP contribution in [-0.2, 0) is 22.4 Å². The lowest BCUT2D eigenvalue weighted by Crippen LogP contribution is -2.43. The smallest absolute Gasteiger partial charge is 0.330 e. The molecule has 1 aliphatic carbocycles. The van der Waals surface area contributed by atoms with Gasteiger partial charge in [0.05, 0.1) is 18.6 Å². The standard InChI is InChI=1S/C12H15NO4S/c1-17-12(16)8(6-14)13-11(15)10-5-7-3-2-4-9(7)18-10/h5,8,14H,2-4,6H2,1H3,(H,13,15)/t8-/m1/s1. The number of carbonyl (C=O) groups is 2. The molecule has 18 heavy (non-hydrogen) atoms. The van der Waals surface area contributed by atoms with Crippen LogP contribution < -0.4 is 5.32 Å². The predicted octanol–water partition coefficient (Wildman–Crippen LogP) is 0.500. The molecular weight excluding hydrogens is 254 g/mol. The summed E-state index contributed by atoms with van der Waals surface area (Å²) in [6.07, 6.45) is 3.18. The van der Waals surface area contributed by atoms with Crippen LogP contribution in [0.4, 0.5) is 0 Å². The molecule has 0 saturated heterocycles. The minimum Gasteiger partial charge on any atom is -0.467 e. The molecule has 1 aromatic rings. The van der Waals surface area contributed by atoms with Crippen LogP contribution in [-0.4, -0.2) is 36.7 Å². The number of methoxy groups -OCH3 is 1. The molecule has 0 aliphatic heterocycles. The van der Waals surface area contributed by atoms with E-state index < -0.39 is 18.6 Å². The van der Waals surface area contributed by atoms with Crippen LogP contribution in [0.5, 0.6) is 0 Å². The number of aryl methyl sites for hydroxylation is 2. The number of ether oxygens (including phenoxy) is 1. The van der Waals surface area contributed by atoms with Crippen LogP contribution in [0.15, 0.2) is 6.07 Å². The zero-order valence-corrected chi connectivity index (χ0v) is 10.9. The number of rotatable bonds is 4. The van der Waals surface area contributed by atoms with Crippen LogP contribution in [0.2, 0.25) is 0 Å². The highest BCUT2D eigenvalue weighted by molar-refractivity contribution is 7.14. The average molecular weight is 269 g/mol. The van der Waals surface area contributed by atoms with Crippen molar-refractivity contribution >= 4 is 23.2 Å². The third-order valence-electron chi connectivity index (χ3n) is 2.94. The Balaban J connectivity index is 2.04. The van der Waals surface area contributed by atoms with E-state index in [-0.39, 0.29) is 5.91 Å². The molecule has 1 heterocycles. The fraction of sp³-hybridized carbons (Fsp3) is 0.500. The van der Waals surface area contributed by atoms with Gasteiger partial charge in [-0.2, -0.15) is 0 Å². The van der Waals surface area contributed by atoms with Crippen molar-refractivity contribution in [1.29, 1.82) is 0 Å². The van der Waals surface area contributed by atoms with E-state index >= 15 is 0 Å². The largest absolute Gasteiger partial charge is 0.467 e. The molecule has 0 bridgehead atoms. The Bertz CT molecular complexity index is 447. The maximum Gasteiger partial charge on any atom is 0.330 e. The number of fused-ring (bicyclic) bond motifs is 1. The number of carbonyl (C=O) groups excluding carboxylic acids is 2. The van der Waals surface area contributed by atoms with Crippen molar-refractivity contribution in [2.75, 3.05) is 13.7 Å². The van der Waals surface area contributed by atoms with E-state index in [0.29, 0.717) is 4.88 Å². The average Bonchev–Trinajstić information content (AvgIpc) is 2.95. The summed E-state index contributed by atoms with van der Waals surface area (Å²) < 4.78 is 4.49. The normalized spacial score (nSPS) is 15.0. The van der Waals surface area contributed by atoms with Gasteiger partial charge in [0.25, 0.3) is 5.91 Å². The molecule has 98 valence electrons. The van der Waals surface area contributed by atoms with Gasteiger partial charge in [0.2, 0.25) is 0 Å². The van der Waals surface area contributed by atoms with Crippen molar-refractivity contribution < 1.29 is 19.4 Å². The van der Waals surface area contributed by atoms with E-state index in [0.717, 1.165) is 19.3 Å². The second-order valence-corrected chi connectivity index (χ2v) is 5.28. The molecule has 1 atom stereocenters. The van der Waals surface area contributed by atoms with Crippen LogP contribution in [0, 0.1) is 0 Å². The highest BCUT2D eigenvalue weighted by Gasteiger charge is 2.24. The number of aliphatic hydroxyl groups excluding tert-OH is 1. The summed E-state index contributed by atoms with van der Waals surface area (Å²) in [5, 5.41) is 11.5. The van der Waals surface area contributed by atoms with E-state index in [4.69, 9.17) is 5.11 Å². The van der Waals surface area contributed by atoms with Crippen molar-refractivity contribution in [2.24, 2.45) is 0 Å². The van der Waals surface area contributed by atoms with Gasteiger partial charge in [0.15, 0.2) is 6.04 Å². The Morgan fingerprint density at radius 2 is 2.33 bits per heavy atom. The maximum absolute atomic E-state index is 11.9. The molecule has 2 rings (SSSR count). The lowest BCUT2D eigenvalue weighted by molar-refractivity contribution is -0.143. The van der Waals surface area contributed by atoms with Gasteiger partial charge in [-0.05, 0) is 30.9 Å². The van der Waals surface area contributed by atoms with Crippen molar-refractivity contribution in [3.63, 3.8) is 0 Å². The molecule has 6 heteroatoms. The summed E-state index contributed by atoms with van der Waals surface area (Å²) in [7, 11) is 1.22. The molecule has 2 N–H and O–H groups in total. The minimum atomic E-state index is -1.00. The molecule has 0 aromatic carbocycles. The third kappa shape index (κ3) is 2.54. The summed E-state index contributed by atoms with van der Waals surface area (Å²) in [6, 6.07) is 0.869. The fourth-order valence-corrected chi connectivity index (χ4v) is 3.15. The van der Waals surface area contributed by atoms with Gasteiger partial charge in [0, 0.05) is 4.88 Å². The van der Waals surface area contributed by atoms with Crippen molar-refractivity contribution in [3.8, 4) is 0 Å². The first kappa shape index (κ1) is 13.0. The van der Waals surface area contributed by atoms with Gasteiger partial charge in [-0.1, -0.05) is 0 Å². The van der Waals surface area contributed by atoms with E-state index in [1.54, 1.807) is 0 Å². The lowest BCUT2D eigenvalue weighted by Gasteiger charge is -2.12. The number of aliphatic hydroxyl groups is 1. The van der Waals surface area contributed by atoms with Crippen LogP contribution in [0.1, 0.15) is 26.5 Å². The number of hydrogen-bond donors (Lipinski definition) is 2.